The molecule has 1 aliphatic rings. The van der Waals surface area contributed by atoms with Crippen molar-refractivity contribution in [3.8, 4) is 0 Å². The van der Waals surface area contributed by atoms with Gasteiger partial charge in [-0.15, -0.1) is 0 Å². The van der Waals surface area contributed by atoms with Crippen molar-refractivity contribution in [2.75, 3.05) is 24.7 Å². The highest BCUT2D eigenvalue weighted by Gasteiger charge is 2.43. The highest BCUT2D eigenvalue weighted by Crippen LogP contribution is 2.57. The summed E-state index contributed by atoms with van der Waals surface area (Å²) in [4.78, 5) is 13.8. The van der Waals surface area contributed by atoms with Crippen molar-refractivity contribution >= 4 is 25.5 Å². The number of nitrogens with zero attached hydrogens (tertiary/aromatic N) is 1. The zero-order valence-corrected chi connectivity index (χ0v) is 14.5. The molecule has 1 aromatic carbocycles. The smallest absolute Gasteiger partial charge is 0.415 e. The molecule has 2 rings (SSSR count). The van der Waals surface area contributed by atoms with Crippen LogP contribution >= 0.6 is 7.60 Å². The topological polar surface area (TPSA) is 65.1 Å². The molecule has 1 amide bonds. The van der Waals surface area contributed by atoms with E-state index in [1.807, 2.05) is 24.3 Å². The standard InChI is InChI=1S/C16H22NO5P/c1-4-20-16(18)17-14-10-8-7-9-13(14)11-12-15(17)23(19,21-5-2)22-6-3/h7-12,15H,4-6H2,1-3H3. The average Bonchev–Trinajstić information content (AvgIpc) is 2.54. The maximum atomic E-state index is 13.2. The van der Waals surface area contributed by atoms with Gasteiger partial charge in [0.05, 0.1) is 25.5 Å². The molecule has 1 aliphatic heterocycles. The molecule has 0 aromatic heterocycles. The molecule has 0 aliphatic carbocycles. The van der Waals surface area contributed by atoms with E-state index in [-0.39, 0.29) is 19.8 Å². The molecule has 126 valence electrons. The number of benzene rings is 1. The minimum Gasteiger partial charge on any atom is -0.449 e. The van der Waals surface area contributed by atoms with Crippen molar-refractivity contribution in [1.82, 2.24) is 0 Å². The molecule has 0 saturated carbocycles. The molecule has 0 spiro atoms. The van der Waals surface area contributed by atoms with Crippen LogP contribution in [0.15, 0.2) is 30.3 Å². The van der Waals surface area contributed by atoms with Crippen LogP contribution in [0.1, 0.15) is 26.3 Å². The summed E-state index contributed by atoms with van der Waals surface area (Å²) < 4.78 is 29.1. The van der Waals surface area contributed by atoms with Crippen LogP contribution in [0, 0.1) is 0 Å². The van der Waals surface area contributed by atoms with Gasteiger partial charge in [-0.3, -0.25) is 9.46 Å². The number of amides is 1. The molecule has 7 heteroatoms. The van der Waals surface area contributed by atoms with Gasteiger partial charge in [-0.1, -0.05) is 24.3 Å². The van der Waals surface area contributed by atoms with Crippen LogP contribution in [0.5, 0.6) is 0 Å². The normalized spacial score (nSPS) is 17.0. The fourth-order valence-electron chi connectivity index (χ4n) is 2.46. The number of hydrogen-bond acceptors (Lipinski definition) is 5. The number of fused-ring (bicyclic) bond motifs is 1. The number of carbonyl (C=O) groups is 1. The minimum absolute atomic E-state index is 0.222. The number of hydrogen-bond donors (Lipinski definition) is 0. The molecule has 0 fully saturated rings. The third kappa shape index (κ3) is 3.66. The van der Waals surface area contributed by atoms with E-state index in [0.29, 0.717) is 5.69 Å². The Balaban J connectivity index is 2.49. The van der Waals surface area contributed by atoms with Crippen LogP contribution in [0.4, 0.5) is 10.5 Å². The lowest BCUT2D eigenvalue weighted by atomic mass is 10.1. The number of para-hydroxylation sites is 1. The molecular formula is C16H22NO5P. The van der Waals surface area contributed by atoms with Crippen LogP contribution in [0.3, 0.4) is 0 Å². The maximum Gasteiger partial charge on any atom is 0.415 e. The highest BCUT2D eigenvalue weighted by atomic mass is 31.2. The number of carbonyl (C=O) groups excluding carboxylic acids is 1. The fourth-order valence-corrected chi connectivity index (χ4v) is 4.36. The summed E-state index contributed by atoms with van der Waals surface area (Å²) in [7, 11) is -3.55. The summed E-state index contributed by atoms with van der Waals surface area (Å²) in [6.45, 7) is 5.87. The van der Waals surface area contributed by atoms with Crippen LogP contribution in [0.25, 0.3) is 6.08 Å². The Labute approximate surface area is 136 Å². The van der Waals surface area contributed by atoms with Gasteiger partial charge in [-0.05, 0) is 38.5 Å². The minimum atomic E-state index is -3.55. The Morgan fingerprint density at radius 1 is 1.13 bits per heavy atom. The third-order valence-corrected chi connectivity index (χ3v) is 5.60. The van der Waals surface area contributed by atoms with Gasteiger partial charge in [0.15, 0.2) is 5.78 Å². The zero-order valence-electron chi connectivity index (χ0n) is 13.6. The van der Waals surface area contributed by atoms with Gasteiger partial charge in [-0.25, -0.2) is 4.79 Å². The number of anilines is 1. The van der Waals surface area contributed by atoms with E-state index in [0.717, 1.165) is 5.56 Å². The predicted molar refractivity (Wildman–Crippen MR) is 89.6 cm³/mol. The van der Waals surface area contributed by atoms with Gasteiger partial charge in [-0.2, -0.15) is 0 Å². The Morgan fingerprint density at radius 3 is 2.39 bits per heavy atom. The Hall–Kier alpha value is -1.62. The second-order valence-corrected chi connectivity index (χ2v) is 6.90. The molecule has 1 aromatic rings. The van der Waals surface area contributed by atoms with Gasteiger partial charge in [0.1, 0.15) is 0 Å². The summed E-state index contributed by atoms with van der Waals surface area (Å²) in [6.07, 6.45) is 2.92. The summed E-state index contributed by atoms with van der Waals surface area (Å²) in [5, 5.41) is 0. The van der Waals surface area contributed by atoms with E-state index in [1.54, 1.807) is 32.9 Å². The van der Waals surface area contributed by atoms with Gasteiger partial charge < -0.3 is 13.8 Å². The van der Waals surface area contributed by atoms with Crippen molar-refractivity contribution in [2.45, 2.75) is 26.6 Å². The Bertz CT molecular complexity index is 621. The molecule has 0 radical (unpaired) electrons. The first-order chi connectivity index (χ1) is 11.1. The summed E-state index contributed by atoms with van der Waals surface area (Å²) >= 11 is 0. The lowest BCUT2D eigenvalue weighted by Gasteiger charge is -2.36. The summed E-state index contributed by atoms with van der Waals surface area (Å²) in [5.41, 5.74) is 1.47. The van der Waals surface area contributed by atoms with E-state index >= 15 is 0 Å². The predicted octanol–water partition coefficient (Wildman–Crippen LogP) is 4.27. The quantitative estimate of drug-likeness (QED) is 0.724. The fraction of sp³-hybridized carbons (Fsp3) is 0.438. The molecule has 0 saturated heterocycles. The van der Waals surface area contributed by atoms with E-state index in [4.69, 9.17) is 13.8 Å². The van der Waals surface area contributed by atoms with Crippen molar-refractivity contribution in [3.63, 3.8) is 0 Å². The Morgan fingerprint density at radius 2 is 1.78 bits per heavy atom. The van der Waals surface area contributed by atoms with Crippen molar-refractivity contribution in [3.05, 3.63) is 35.9 Å². The van der Waals surface area contributed by atoms with Gasteiger partial charge in [0, 0.05) is 0 Å². The van der Waals surface area contributed by atoms with Gasteiger partial charge >= 0.3 is 13.7 Å². The van der Waals surface area contributed by atoms with Crippen molar-refractivity contribution in [1.29, 1.82) is 0 Å². The largest absolute Gasteiger partial charge is 0.449 e. The van der Waals surface area contributed by atoms with E-state index in [1.165, 1.54) is 4.90 Å². The first-order valence-corrected chi connectivity index (χ1v) is 9.30. The zero-order chi connectivity index (χ0) is 16.9. The first-order valence-electron chi connectivity index (χ1n) is 7.69. The monoisotopic (exact) mass is 339 g/mol. The third-order valence-electron chi connectivity index (χ3n) is 3.32. The second kappa shape index (κ2) is 7.77. The van der Waals surface area contributed by atoms with E-state index in [2.05, 4.69) is 0 Å². The lowest BCUT2D eigenvalue weighted by Crippen LogP contribution is -2.42. The second-order valence-electron chi connectivity index (χ2n) is 4.78. The maximum absolute atomic E-state index is 13.2. The van der Waals surface area contributed by atoms with Crippen LogP contribution < -0.4 is 4.90 Å². The van der Waals surface area contributed by atoms with Crippen LogP contribution in [-0.4, -0.2) is 31.7 Å². The molecule has 1 heterocycles. The van der Waals surface area contributed by atoms with Crippen molar-refractivity contribution < 1.29 is 23.1 Å². The summed E-state index contributed by atoms with van der Waals surface area (Å²) in [5.74, 6) is -0.851. The number of rotatable bonds is 6. The first kappa shape index (κ1) is 17.7. The van der Waals surface area contributed by atoms with E-state index < -0.39 is 19.5 Å². The molecule has 23 heavy (non-hydrogen) atoms. The van der Waals surface area contributed by atoms with Gasteiger partial charge in [0.25, 0.3) is 0 Å². The molecule has 1 unspecified atom stereocenters. The average molecular weight is 339 g/mol. The van der Waals surface area contributed by atoms with Crippen molar-refractivity contribution in [2.24, 2.45) is 0 Å². The molecule has 0 N–H and O–H groups in total. The molecular weight excluding hydrogens is 317 g/mol. The van der Waals surface area contributed by atoms with E-state index in [9.17, 15) is 9.36 Å². The highest BCUT2D eigenvalue weighted by molar-refractivity contribution is 7.55. The molecule has 0 bridgehead atoms. The lowest BCUT2D eigenvalue weighted by molar-refractivity contribution is 0.157. The Kier molecular flexibility index (Phi) is 5.99. The number of ether oxygens (including phenoxy) is 1. The summed E-state index contributed by atoms with van der Waals surface area (Å²) in [6, 6.07) is 7.34. The van der Waals surface area contributed by atoms with Crippen LogP contribution in [0.2, 0.25) is 0 Å². The SMILES string of the molecule is CCOC(=O)N1c2ccccc2C=CC1P(=O)(OCC)OCC. The molecule has 1 atom stereocenters. The van der Waals surface area contributed by atoms with Crippen LogP contribution in [-0.2, 0) is 18.3 Å². The van der Waals surface area contributed by atoms with Gasteiger partial charge in [0.2, 0.25) is 0 Å². The molecule has 6 nitrogen and oxygen atoms in total.